The quantitative estimate of drug-likeness (QED) is 0.694. The Morgan fingerprint density at radius 1 is 1.11 bits per heavy atom. The average Bonchev–Trinajstić information content (AvgIpc) is 1.90. The van der Waals surface area contributed by atoms with Crippen LogP contribution in [0.5, 0.6) is 0 Å². The molecule has 0 fully saturated rings. The Morgan fingerprint density at radius 2 is 1.67 bits per heavy atom. The van der Waals surface area contributed by atoms with Crippen LogP contribution in [0.2, 0.25) is 0 Å². The van der Waals surface area contributed by atoms with E-state index in [1.807, 2.05) is 18.2 Å². The number of benzene rings is 1. The van der Waals surface area contributed by atoms with Crippen LogP contribution in [0.3, 0.4) is 0 Å². The van der Waals surface area contributed by atoms with Crippen molar-refractivity contribution in [2.24, 2.45) is 0 Å². The Hall–Kier alpha value is -0.0917. The second kappa shape index (κ2) is 4.76. The predicted molar refractivity (Wildman–Crippen MR) is 35.5 cm³/mol. The molecule has 0 spiro atoms. The van der Waals surface area contributed by atoms with Gasteiger partial charge in [-0.25, -0.2) is 0 Å². The van der Waals surface area contributed by atoms with Crippen molar-refractivity contribution in [2.75, 3.05) is 0 Å². The number of hydrogen-bond acceptors (Lipinski definition) is 0. The fourth-order valence-electron chi connectivity index (χ4n) is 0.645. The number of hydrogen-bond donors (Lipinski definition) is 0. The van der Waals surface area contributed by atoms with E-state index < -0.39 is 0 Å². The maximum Gasteiger partial charge on any atom is 0 e. The molecule has 0 aromatic heterocycles. The Balaban J connectivity index is 0.000000640. The Bertz CT molecular complexity index is 146. The first-order chi connectivity index (χ1) is 3.93. The van der Waals surface area contributed by atoms with Crippen molar-refractivity contribution in [1.82, 2.24) is 0 Å². The molecule has 0 saturated carbocycles. The largest absolute Gasteiger partial charge is 0.339 e. The van der Waals surface area contributed by atoms with E-state index in [4.69, 9.17) is 0 Å². The van der Waals surface area contributed by atoms with E-state index in [1.54, 1.807) is 0 Å². The van der Waals surface area contributed by atoms with Gasteiger partial charge < -0.3 is 6.92 Å². The molecule has 0 N–H and O–H groups in total. The molecule has 0 saturated heterocycles. The molecule has 0 unspecified atom stereocenters. The summed E-state index contributed by atoms with van der Waals surface area (Å²) in [4.78, 5) is 0. The maximum absolute atomic E-state index is 3.76. The van der Waals surface area contributed by atoms with Crippen molar-refractivity contribution < 1.29 is 21.1 Å². The van der Waals surface area contributed by atoms with Crippen molar-refractivity contribution in [3.63, 3.8) is 0 Å². The van der Waals surface area contributed by atoms with Gasteiger partial charge in [0.25, 0.3) is 0 Å². The molecule has 0 amide bonds. The summed E-state index contributed by atoms with van der Waals surface area (Å²) in [6.45, 7) is 3.76. The van der Waals surface area contributed by atoms with Crippen LogP contribution in [0, 0.1) is 6.92 Å². The third-order valence-electron chi connectivity index (χ3n) is 1.13. The molecule has 0 radical (unpaired) electrons. The molecule has 9 heavy (non-hydrogen) atoms. The van der Waals surface area contributed by atoms with E-state index >= 15 is 0 Å². The van der Waals surface area contributed by atoms with Gasteiger partial charge in [0, 0.05) is 21.1 Å². The van der Waals surface area contributed by atoms with Crippen molar-refractivity contribution in [3.05, 3.63) is 42.8 Å². The Kier molecular flexibility index (Phi) is 4.71. The van der Waals surface area contributed by atoms with Crippen LogP contribution < -0.4 is 0 Å². The predicted octanol–water partition coefficient (Wildman–Crippen LogP) is 2.06. The summed E-state index contributed by atoms with van der Waals surface area (Å²) in [6, 6.07) is 10.2. The van der Waals surface area contributed by atoms with Gasteiger partial charge in [-0.1, -0.05) is 35.9 Å². The van der Waals surface area contributed by atoms with Crippen LogP contribution in [0.25, 0.3) is 0 Å². The minimum Gasteiger partial charge on any atom is -0.339 e. The fraction of sp³-hybridized carbons (Fsp3) is 0.125. The van der Waals surface area contributed by atoms with Crippen LogP contribution in [0.15, 0.2) is 30.3 Å². The Labute approximate surface area is 70.5 Å². The van der Waals surface area contributed by atoms with Crippen LogP contribution in [0.4, 0.5) is 0 Å². The molecule has 1 heteroatoms. The van der Waals surface area contributed by atoms with Gasteiger partial charge in [0.2, 0.25) is 0 Å². The molecule has 0 nitrogen and oxygen atoms in total. The molecular formula is C8H9W-. The van der Waals surface area contributed by atoms with Crippen LogP contribution >= 0.6 is 0 Å². The van der Waals surface area contributed by atoms with E-state index in [1.165, 1.54) is 5.56 Å². The first-order valence-electron chi connectivity index (χ1n) is 2.76. The zero-order chi connectivity index (χ0) is 5.82. The van der Waals surface area contributed by atoms with E-state index in [2.05, 4.69) is 19.1 Å². The molecule has 0 aliphatic heterocycles. The van der Waals surface area contributed by atoms with Crippen LogP contribution in [0.1, 0.15) is 5.56 Å². The standard InChI is InChI=1S/C8H9.W/c1-2-8-6-4-3-5-7-8;/h3-7H,1-2H2;/q-1;. The van der Waals surface area contributed by atoms with Gasteiger partial charge in [0.1, 0.15) is 0 Å². The van der Waals surface area contributed by atoms with Crippen molar-refractivity contribution in [3.8, 4) is 0 Å². The number of rotatable bonds is 1. The van der Waals surface area contributed by atoms with E-state index in [0.29, 0.717) is 0 Å². The summed E-state index contributed by atoms with van der Waals surface area (Å²) in [6.07, 6.45) is 0.890. The zero-order valence-electron chi connectivity index (χ0n) is 5.21. The van der Waals surface area contributed by atoms with E-state index in [9.17, 15) is 0 Å². The van der Waals surface area contributed by atoms with E-state index in [0.717, 1.165) is 6.42 Å². The summed E-state index contributed by atoms with van der Waals surface area (Å²) in [5.74, 6) is 0. The topological polar surface area (TPSA) is 0 Å². The SMILES string of the molecule is [CH2-]Cc1ccccc1.[W]. The molecule has 0 heterocycles. The fourth-order valence-corrected chi connectivity index (χ4v) is 0.645. The van der Waals surface area contributed by atoms with Gasteiger partial charge in [-0.15, -0.1) is 0 Å². The molecule has 1 aromatic carbocycles. The molecule has 0 atom stereocenters. The van der Waals surface area contributed by atoms with Gasteiger partial charge in [0.05, 0.1) is 0 Å². The minimum atomic E-state index is 0. The third-order valence-corrected chi connectivity index (χ3v) is 1.13. The first kappa shape index (κ1) is 8.91. The monoisotopic (exact) mass is 289 g/mol. The normalized spacial score (nSPS) is 8.11. The second-order valence-electron chi connectivity index (χ2n) is 1.74. The molecule has 48 valence electrons. The van der Waals surface area contributed by atoms with Gasteiger partial charge in [-0.05, 0) is 0 Å². The molecule has 1 aromatic rings. The van der Waals surface area contributed by atoms with Crippen molar-refractivity contribution >= 4 is 0 Å². The van der Waals surface area contributed by atoms with Gasteiger partial charge in [-0.3, -0.25) is 0 Å². The zero-order valence-corrected chi connectivity index (χ0v) is 8.14. The summed E-state index contributed by atoms with van der Waals surface area (Å²) >= 11 is 0. The maximum atomic E-state index is 3.76. The van der Waals surface area contributed by atoms with Crippen molar-refractivity contribution in [1.29, 1.82) is 0 Å². The minimum absolute atomic E-state index is 0. The molecule has 0 aliphatic rings. The molecule has 0 aliphatic carbocycles. The average molecular weight is 289 g/mol. The van der Waals surface area contributed by atoms with Gasteiger partial charge in [-0.2, -0.15) is 6.42 Å². The smallest absolute Gasteiger partial charge is 0 e. The summed E-state index contributed by atoms with van der Waals surface area (Å²) in [5.41, 5.74) is 1.30. The summed E-state index contributed by atoms with van der Waals surface area (Å²) in [7, 11) is 0. The first-order valence-corrected chi connectivity index (χ1v) is 2.76. The van der Waals surface area contributed by atoms with Gasteiger partial charge >= 0.3 is 0 Å². The summed E-state index contributed by atoms with van der Waals surface area (Å²) in [5, 5.41) is 0. The summed E-state index contributed by atoms with van der Waals surface area (Å²) < 4.78 is 0. The molecular weight excluding hydrogens is 280 g/mol. The molecule has 0 bridgehead atoms. The van der Waals surface area contributed by atoms with Crippen LogP contribution in [-0.4, -0.2) is 0 Å². The second-order valence-corrected chi connectivity index (χ2v) is 1.74. The molecule has 1 rings (SSSR count). The van der Waals surface area contributed by atoms with E-state index in [-0.39, 0.29) is 21.1 Å². The van der Waals surface area contributed by atoms with Crippen LogP contribution in [-0.2, 0) is 27.5 Å². The van der Waals surface area contributed by atoms with Crippen molar-refractivity contribution in [2.45, 2.75) is 6.42 Å². The Morgan fingerprint density at radius 3 is 2.00 bits per heavy atom. The third kappa shape index (κ3) is 2.81. The van der Waals surface area contributed by atoms with Gasteiger partial charge in [0.15, 0.2) is 0 Å².